The Hall–Kier alpha value is -3.10. The quantitative estimate of drug-likeness (QED) is 0.207. The van der Waals surface area contributed by atoms with Gasteiger partial charge >= 0.3 is 12.1 Å². The molecule has 4 fully saturated rings. The zero-order chi connectivity index (χ0) is 33.6. The van der Waals surface area contributed by atoms with Crippen molar-refractivity contribution >= 4 is 17.3 Å². The van der Waals surface area contributed by atoms with Crippen LogP contribution in [0.1, 0.15) is 85.0 Å². The number of alkyl halides is 3. The Morgan fingerprint density at radius 3 is 2.17 bits per heavy atom. The standard InChI is InChI=1S/C38H51F3N2O4/c1-23(10-13-35(44)45-22-38(39,40)41)30-11-12-31-29-21-34(47-27-9-5-7-25(43)19-27)33-20-28(46-26-8-4-6-24(42)18-26)14-16-37(33,3)32(29)15-17-36(30,31)2/h4-9,18-19,23,28-34H,10-17,20-22,42-43H2,1-3H3/t23-,28?,29+,30-,31+,32+,33?,34?,36-,37-/m1/s1. The lowest BCUT2D eigenvalue weighted by atomic mass is 9.43. The summed E-state index contributed by atoms with van der Waals surface area (Å²) in [6, 6.07) is 15.4. The van der Waals surface area contributed by atoms with Crippen LogP contribution in [0, 0.1) is 46.3 Å². The molecule has 0 aliphatic heterocycles. The van der Waals surface area contributed by atoms with E-state index in [2.05, 4.69) is 25.5 Å². The second-order valence-electron chi connectivity index (χ2n) is 15.6. The Balaban J connectivity index is 1.20. The molecule has 4 saturated carbocycles. The second-order valence-corrected chi connectivity index (χ2v) is 15.6. The fourth-order valence-corrected chi connectivity index (χ4v) is 10.8. The summed E-state index contributed by atoms with van der Waals surface area (Å²) in [5.41, 5.74) is 13.8. The summed E-state index contributed by atoms with van der Waals surface area (Å²) in [6.45, 7) is 5.61. The number of hydrogen-bond acceptors (Lipinski definition) is 6. The molecule has 3 unspecified atom stereocenters. The fraction of sp³-hybridized carbons (Fsp3) is 0.658. The van der Waals surface area contributed by atoms with Crippen molar-refractivity contribution in [1.82, 2.24) is 0 Å². The van der Waals surface area contributed by atoms with Gasteiger partial charge in [-0.05, 0) is 122 Å². The van der Waals surface area contributed by atoms with Gasteiger partial charge in [-0.2, -0.15) is 13.2 Å². The maximum Gasteiger partial charge on any atom is 0.422 e. The molecule has 6 rings (SSSR count). The summed E-state index contributed by atoms with van der Waals surface area (Å²) < 4.78 is 55.6. The first-order valence-corrected chi connectivity index (χ1v) is 17.5. The van der Waals surface area contributed by atoms with Gasteiger partial charge in [0.1, 0.15) is 17.6 Å². The minimum Gasteiger partial charge on any atom is -0.490 e. The molecule has 0 radical (unpaired) electrons. The molecule has 6 nitrogen and oxygen atoms in total. The van der Waals surface area contributed by atoms with Crippen molar-refractivity contribution in [2.75, 3.05) is 18.1 Å². The summed E-state index contributed by atoms with van der Waals surface area (Å²) in [4.78, 5) is 12.1. The Labute approximate surface area is 277 Å². The SMILES string of the molecule is C[C@H](CCC(=O)OCC(F)(F)F)[C@H]1CC[C@H]2[C@@H]3CC(Oc4cccc(N)c4)C4CC(Oc5cccc(N)c5)CC[C@]4(C)[C@H]3CC[C@]12C. The lowest BCUT2D eigenvalue weighted by Gasteiger charge is -2.63. The highest BCUT2D eigenvalue weighted by atomic mass is 19.4. The Bertz CT molecular complexity index is 1420. The maximum atomic E-state index is 12.5. The number of carbonyl (C=O) groups is 1. The number of fused-ring (bicyclic) bond motifs is 5. The van der Waals surface area contributed by atoms with Crippen molar-refractivity contribution < 1.29 is 32.2 Å². The largest absolute Gasteiger partial charge is 0.490 e. The van der Waals surface area contributed by atoms with Crippen LogP contribution in [0.25, 0.3) is 0 Å². The van der Waals surface area contributed by atoms with Gasteiger partial charge in [-0.15, -0.1) is 0 Å². The zero-order valence-electron chi connectivity index (χ0n) is 27.9. The minimum absolute atomic E-state index is 0.0230. The van der Waals surface area contributed by atoms with E-state index < -0.39 is 18.8 Å². The molecule has 0 bridgehead atoms. The Morgan fingerprint density at radius 1 is 0.872 bits per heavy atom. The molecule has 4 aliphatic carbocycles. The molecule has 0 heterocycles. The Kier molecular flexibility index (Phi) is 9.40. The third kappa shape index (κ3) is 7.05. The minimum atomic E-state index is -4.50. The number of anilines is 2. The van der Waals surface area contributed by atoms with Gasteiger partial charge < -0.3 is 25.7 Å². The maximum absolute atomic E-state index is 12.5. The molecule has 4 aliphatic rings. The summed E-state index contributed by atoms with van der Waals surface area (Å²) in [7, 11) is 0. The number of ether oxygens (including phenoxy) is 3. The lowest BCUT2D eigenvalue weighted by molar-refractivity contribution is -0.186. The summed E-state index contributed by atoms with van der Waals surface area (Å²) in [5.74, 6) is 3.48. The molecule has 0 saturated heterocycles. The lowest BCUT2D eigenvalue weighted by Crippen LogP contribution is -2.59. The molecule has 47 heavy (non-hydrogen) atoms. The molecule has 4 N–H and O–H groups in total. The topological polar surface area (TPSA) is 96.8 Å². The molecular formula is C38H51F3N2O4. The Morgan fingerprint density at radius 2 is 1.51 bits per heavy atom. The van der Waals surface area contributed by atoms with E-state index >= 15 is 0 Å². The van der Waals surface area contributed by atoms with Gasteiger partial charge in [0, 0.05) is 35.8 Å². The number of nitrogen functional groups attached to an aromatic ring is 2. The van der Waals surface area contributed by atoms with E-state index in [1.807, 2.05) is 48.5 Å². The molecule has 258 valence electrons. The van der Waals surface area contributed by atoms with Crippen molar-refractivity contribution in [2.45, 2.75) is 103 Å². The second kappa shape index (κ2) is 13.1. The van der Waals surface area contributed by atoms with Crippen LogP contribution in [0.15, 0.2) is 48.5 Å². The van der Waals surface area contributed by atoms with Gasteiger partial charge in [0.05, 0.1) is 6.10 Å². The number of carbonyl (C=O) groups excluding carboxylic acids is 1. The van der Waals surface area contributed by atoms with Crippen molar-refractivity contribution in [3.63, 3.8) is 0 Å². The van der Waals surface area contributed by atoms with Crippen LogP contribution in [-0.2, 0) is 9.53 Å². The van der Waals surface area contributed by atoms with E-state index in [9.17, 15) is 18.0 Å². The first-order valence-electron chi connectivity index (χ1n) is 17.5. The number of rotatable bonds is 9. The van der Waals surface area contributed by atoms with Gasteiger partial charge in [0.25, 0.3) is 0 Å². The third-order valence-electron chi connectivity index (χ3n) is 12.9. The van der Waals surface area contributed by atoms with Crippen LogP contribution in [0.4, 0.5) is 24.5 Å². The van der Waals surface area contributed by atoms with Crippen LogP contribution in [0.5, 0.6) is 11.5 Å². The van der Waals surface area contributed by atoms with Crippen molar-refractivity contribution in [2.24, 2.45) is 46.3 Å². The molecule has 0 aromatic heterocycles. The van der Waals surface area contributed by atoms with Gasteiger partial charge in [-0.3, -0.25) is 4.79 Å². The molecule has 2 aromatic rings. The van der Waals surface area contributed by atoms with Crippen molar-refractivity contribution in [3.8, 4) is 11.5 Å². The van der Waals surface area contributed by atoms with Gasteiger partial charge in [-0.1, -0.05) is 32.9 Å². The van der Waals surface area contributed by atoms with E-state index in [0.29, 0.717) is 47.4 Å². The smallest absolute Gasteiger partial charge is 0.422 e. The fourth-order valence-electron chi connectivity index (χ4n) is 10.8. The van der Waals surface area contributed by atoms with Crippen LogP contribution in [-0.4, -0.2) is 31.0 Å². The number of hydrogen-bond donors (Lipinski definition) is 2. The van der Waals surface area contributed by atoms with Crippen molar-refractivity contribution in [1.29, 1.82) is 0 Å². The number of nitrogens with two attached hydrogens (primary N) is 2. The monoisotopic (exact) mass is 656 g/mol. The highest BCUT2D eigenvalue weighted by Crippen LogP contribution is 2.68. The van der Waals surface area contributed by atoms with Crippen LogP contribution >= 0.6 is 0 Å². The van der Waals surface area contributed by atoms with E-state index in [1.54, 1.807) is 0 Å². The first kappa shape index (κ1) is 33.8. The van der Waals surface area contributed by atoms with Crippen LogP contribution in [0.3, 0.4) is 0 Å². The molecule has 0 spiro atoms. The third-order valence-corrected chi connectivity index (χ3v) is 12.9. The summed E-state index contributed by atoms with van der Waals surface area (Å²) in [6.07, 6.45) is 4.67. The normalized spacial score (nSPS) is 35.6. The van der Waals surface area contributed by atoms with Crippen LogP contribution < -0.4 is 20.9 Å². The number of esters is 1. The summed E-state index contributed by atoms with van der Waals surface area (Å²) >= 11 is 0. The van der Waals surface area contributed by atoms with Crippen molar-refractivity contribution in [3.05, 3.63) is 48.5 Å². The molecule has 2 aromatic carbocycles. The summed E-state index contributed by atoms with van der Waals surface area (Å²) in [5, 5.41) is 0. The molecule has 10 atom stereocenters. The van der Waals surface area contributed by atoms with Gasteiger partial charge in [0.2, 0.25) is 0 Å². The zero-order valence-corrected chi connectivity index (χ0v) is 27.9. The van der Waals surface area contributed by atoms with Gasteiger partial charge in [0.15, 0.2) is 6.61 Å². The first-order chi connectivity index (χ1) is 22.2. The average molecular weight is 657 g/mol. The highest BCUT2D eigenvalue weighted by Gasteiger charge is 2.63. The molecule has 9 heteroatoms. The van der Waals surface area contributed by atoms with E-state index in [4.69, 9.17) is 20.9 Å². The van der Waals surface area contributed by atoms with Gasteiger partial charge in [-0.25, -0.2) is 0 Å². The number of benzene rings is 2. The van der Waals surface area contributed by atoms with E-state index in [0.717, 1.165) is 62.9 Å². The molecule has 0 amide bonds. The van der Waals surface area contributed by atoms with E-state index in [1.165, 1.54) is 0 Å². The average Bonchev–Trinajstić information content (AvgIpc) is 3.36. The molecular weight excluding hydrogens is 605 g/mol. The number of halogens is 3. The van der Waals surface area contributed by atoms with Crippen LogP contribution in [0.2, 0.25) is 0 Å². The highest BCUT2D eigenvalue weighted by molar-refractivity contribution is 5.69. The predicted octanol–water partition coefficient (Wildman–Crippen LogP) is 8.84. The van der Waals surface area contributed by atoms with E-state index in [-0.39, 0.29) is 35.4 Å². The predicted molar refractivity (Wildman–Crippen MR) is 177 cm³/mol.